The summed E-state index contributed by atoms with van der Waals surface area (Å²) in [6.45, 7) is 6.36. The van der Waals surface area contributed by atoms with E-state index in [1.165, 1.54) is 6.92 Å². The second-order valence-electron chi connectivity index (χ2n) is 6.18. The van der Waals surface area contributed by atoms with Crippen LogP contribution in [-0.4, -0.2) is 36.4 Å². The van der Waals surface area contributed by atoms with Gasteiger partial charge in [0.05, 0.1) is 6.54 Å². The molecule has 1 saturated heterocycles. The van der Waals surface area contributed by atoms with Crippen molar-refractivity contribution in [2.45, 2.75) is 58.8 Å². The maximum atomic E-state index is 13.9. The Kier molecular flexibility index (Phi) is 4.92. The summed E-state index contributed by atoms with van der Waals surface area (Å²) in [5.74, 6) is -5.63. The Bertz CT molecular complexity index is 288. The van der Waals surface area contributed by atoms with E-state index in [2.05, 4.69) is 0 Å². The zero-order chi connectivity index (χ0) is 14.9. The molecule has 0 aromatic rings. The highest BCUT2D eigenvalue weighted by atomic mass is 19.3. The second kappa shape index (κ2) is 5.58. The van der Waals surface area contributed by atoms with Crippen LogP contribution >= 0.6 is 0 Å². The van der Waals surface area contributed by atoms with Gasteiger partial charge in [-0.25, -0.2) is 17.6 Å². The Morgan fingerprint density at radius 3 is 1.89 bits per heavy atom. The van der Waals surface area contributed by atoms with E-state index in [4.69, 9.17) is 0 Å². The lowest BCUT2D eigenvalue weighted by Gasteiger charge is -2.48. The summed E-state index contributed by atoms with van der Waals surface area (Å²) in [4.78, 5) is 1.62. The Balaban J connectivity index is 2.70. The molecule has 1 aliphatic heterocycles. The van der Waals surface area contributed by atoms with Crippen molar-refractivity contribution in [1.82, 2.24) is 4.90 Å². The molecule has 114 valence electrons. The van der Waals surface area contributed by atoms with Gasteiger partial charge >= 0.3 is 0 Å². The van der Waals surface area contributed by atoms with Gasteiger partial charge in [0.1, 0.15) is 0 Å². The summed E-state index contributed by atoms with van der Waals surface area (Å²) in [5, 5.41) is 0. The highest BCUT2D eigenvalue weighted by Crippen LogP contribution is 2.50. The lowest BCUT2D eigenvalue weighted by molar-refractivity contribution is -0.161. The first-order valence-corrected chi connectivity index (χ1v) is 7.02. The van der Waals surface area contributed by atoms with E-state index in [1.807, 2.05) is 0 Å². The summed E-state index contributed by atoms with van der Waals surface area (Å²) < 4.78 is 54.4. The largest absolute Gasteiger partial charge is 0.297 e. The first-order chi connectivity index (χ1) is 8.54. The van der Waals surface area contributed by atoms with E-state index >= 15 is 0 Å². The fourth-order valence-electron chi connectivity index (χ4n) is 3.07. The summed E-state index contributed by atoms with van der Waals surface area (Å²) in [7, 11) is 0. The van der Waals surface area contributed by atoms with Gasteiger partial charge in [-0.15, -0.1) is 0 Å². The molecule has 1 heterocycles. The zero-order valence-corrected chi connectivity index (χ0v) is 12.3. The first-order valence-electron chi connectivity index (χ1n) is 7.02. The van der Waals surface area contributed by atoms with Crippen LogP contribution in [0.3, 0.4) is 0 Å². The van der Waals surface area contributed by atoms with Gasteiger partial charge < -0.3 is 0 Å². The van der Waals surface area contributed by atoms with Crippen LogP contribution in [0.25, 0.3) is 0 Å². The number of rotatable bonds is 5. The molecule has 1 aliphatic rings. The van der Waals surface area contributed by atoms with E-state index in [9.17, 15) is 17.6 Å². The molecule has 1 nitrogen and oxygen atoms in total. The van der Waals surface area contributed by atoms with Crippen LogP contribution in [0, 0.1) is 11.3 Å². The SMILES string of the molecule is CCC(F)(F)CN1CCC(C(C)C)(C(C)(F)F)CC1. The average Bonchev–Trinajstić information content (AvgIpc) is 2.27. The van der Waals surface area contributed by atoms with Crippen molar-refractivity contribution in [2.75, 3.05) is 19.6 Å². The number of halogens is 4. The monoisotopic (exact) mass is 283 g/mol. The highest BCUT2D eigenvalue weighted by Gasteiger charge is 2.53. The average molecular weight is 283 g/mol. The third-order valence-corrected chi connectivity index (χ3v) is 4.70. The predicted molar refractivity (Wildman–Crippen MR) is 68.8 cm³/mol. The summed E-state index contributed by atoms with van der Waals surface area (Å²) in [6.07, 6.45) is 0.366. The van der Waals surface area contributed by atoms with E-state index in [-0.39, 0.29) is 31.7 Å². The van der Waals surface area contributed by atoms with Crippen molar-refractivity contribution < 1.29 is 17.6 Å². The molecule has 1 fully saturated rings. The molecular weight excluding hydrogens is 258 g/mol. The Hall–Kier alpha value is -0.320. The van der Waals surface area contributed by atoms with Gasteiger partial charge in [0.15, 0.2) is 0 Å². The highest BCUT2D eigenvalue weighted by molar-refractivity contribution is 4.96. The maximum Gasteiger partial charge on any atom is 0.260 e. The van der Waals surface area contributed by atoms with Crippen LogP contribution in [0.15, 0.2) is 0 Å². The number of hydrogen-bond donors (Lipinski definition) is 0. The molecule has 0 unspecified atom stereocenters. The van der Waals surface area contributed by atoms with Crippen LogP contribution in [0.5, 0.6) is 0 Å². The fourth-order valence-corrected chi connectivity index (χ4v) is 3.07. The molecule has 0 N–H and O–H groups in total. The molecule has 0 aliphatic carbocycles. The first kappa shape index (κ1) is 16.7. The van der Waals surface area contributed by atoms with E-state index in [1.54, 1.807) is 18.7 Å². The van der Waals surface area contributed by atoms with E-state index in [0.29, 0.717) is 13.1 Å². The van der Waals surface area contributed by atoms with Crippen LogP contribution in [-0.2, 0) is 0 Å². The van der Waals surface area contributed by atoms with E-state index in [0.717, 1.165) is 6.92 Å². The molecule has 1 rings (SSSR count). The van der Waals surface area contributed by atoms with Crippen LogP contribution in [0.4, 0.5) is 17.6 Å². The molecule has 0 aromatic carbocycles. The molecule has 19 heavy (non-hydrogen) atoms. The predicted octanol–water partition coefficient (Wildman–Crippen LogP) is 4.43. The fraction of sp³-hybridized carbons (Fsp3) is 1.00. The van der Waals surface area contributed by atoms with E-state index < -0.39 is 17.3 Å². The molecule has 0 radical (unpaired) electrons. The van der Waals surface area contributed by atoms with Gasteiger partial charge in [0, 0.05) is 11.8 Å². The third kappa shape index (κ3) is 3.61. The molecule has 5 heteroatoms. The lowest BCUT2D eigenvalue weighted by atomic mass is 9.66. The quantitative estimate of drug-likeness (QED) is 0.675. The van der Waals surface area contributed by atoms with Crippen molar-refractivity contribution >= 4 is 0 Å². The van der Waals surface area contributed by atoms with Gasteiger partial charge in [-0.1, -0.05) is 20.8 Å². The van der Waals surface area contributed by atoms with Crippen LogP contribution in [0.1, 0.15) is 47.0 Å². The number of likely N-dealkylation sites (tertiary alicyclic amines) is 1. The van der Waals surface area contributed by atoms with Crippen LogP contribution < -0.4 is 0 Å². The van der Waals surface area contributed by atoms with Gasteiger partial charge in [-0.05, 0) is 38.8 Å². The van der Waals surface area contributed by atoms with Crippen molar-refractivity contribution in [3.63, 3.8) is 0 Å². The molecule has 0 atom stereocenters. The second-order valence-corrected chi connectivity index (χ2v) is 6.18. The Labute approximate surface area is 113 Å². The standard InChI is InChI=1S/C14H25F4N/c1-5-14(17,18)10-19-8-6-13(7-9-19,11(2)3)12(4,15)16/h11H,5-10H2,1-4H3. The van der Waals surface area contributed by atoms with Gasteiger partial charge in [-0.2, -0.15) is 0 Å². The minimum absolute atomic E-state index is 0.152. The Morgan fingerprint density at radius 2 is 1.58 bits per heavy atom. The number of hydrogen-bond acceptors (Lipinski definition) is 1. The molecule has 0 aromatic heterocycles. The number of piperidine rings is 1. The molecule has 0 spiro atoms. The summed E-state index contributed by atoms with van der Waals surface area (Å²) in [5.41, 5.74) is -1.05. The normalized spacial score (nSPS) is 21.9. The maximum absolute atomic E-state index is 13.9. The van der Waals surface area contributed by atoms with Crippen molar-refractivity contribution in [2.24, 2.45) is 11.3 Å². The van der Waals surface area contributed by atoms with Gasteiger partial charge in [0.2, 0.25) is 0 Å². The van der Waals surface area contributed by atoms with Crippen molar-refractivity contribution in [3.8, 4) is 0 Å². The molecule has 0 bridgehead atoms. The minimum atomic E-state index is -2.76. The third-order valence-electron chi connectivity index (χ3n) is 4.70. The number of nitrogens with zero attached hydrogens (tertiary/aromatic N) is 1. The molecular formula is C14H25F4N. The molecule has 0 saturated carbocycles. The molecule has 0 amide bonds. The number of alkyl halides is 4. The van der Waals surface area contributed by atoms with Crippen molar-refractivity contribution in [3.05, 3.63) is 0 Å². The summed E-state index contributed by atoms with van der Waals surface area (Å²) in [6, 6.07) is 0. The topological polar surface area (TPSA) is 3.24 Å². The van der Waals surface area contributed by atoms with Gasteiger partial charge in [-0.3, -0.25) is 4.90 Å². The van der Waals surface area contributed by atoms with Crippen LogP contribution in [0.2, 0.25) is 0 Å². The van der Waals surface area contributed by atoms with Crippen molar-refractivity contribution in [1.29, 1.82) is 0 Å². The smallest absolute Gasteiger partial charge is 0.260 e. The van der Waals surface area contributed by atoms with Gasteiger partial charge in [0.25, 0.3) is 11.8 Å². The Morgan fingerprint density at radius 1 is 1.11 bits per heavy atom. The zero-order valence-electron chi connectivity index (χ0n) is 12.3. The minimum Gasteiger partial charge on any atom is -0.297 e. The lowest BCUT2D eigenvalue weighted by Crippen LogP contribution is -2.53. The summed E-state index contributed by atoms with van der Waals surface area (Å²) >= 11 is 0.